The lowest BCUT2D eigenvalue weighted by molar-refractivity contribution is 0.0692. The molecule has 0 radical (unpaired) electrons. The number of halogens is 2. The van der Waals surface area contributed by atoms with Crippen LogP contribution in [0.3, 0.4) is 0 Å². The van der Waals surface area contributed by atoms with Crippen LogP contribution in [0.5, 0.6) is 0 Å². The maximum absolute atomic E-state index is 12.7. The summed E-state index contributed by atoms with van der Waals surface area (Å²) in [5.41, 5.74) is -0.170. The average molecular weight is 267 g/mol. The lowest BCUT2D eigenvalue weighted by atomic mass is 10.2. The molecule has 2 nitrogen and oxygen atoms in total. The van der Waals surface area contributed by atoms with E-state index >= 15 is 0 Å². The third-order valence-electron chi connectivity index (χ3n) is 1.17. The molecule has 0 aliphatic carbocycles. The largest absolute Gasteiger partial charge is 0.561 e. The van der Waals surface area contributed by atoms with Crippen molar-refractivity contribution in [3.05, 3.63) is 33.1 Å². The predicted molar refractivity (Wildman–Crippen MR) is 47.1 cm³/mol. The second-order valence-electron chi connectivity index (χ2n) is 1.95. The number of carbonyl (C=O) groups is 1. The van der Waals surface area contributed by atoms with Crippen LogP contribution in [-0.2, 0) is 0 Å². The van der Waals surface area contributed by atoms with Crippen molar-refractivity contribution in [1.29, 1.82) is 0 Å². The van der Waals surface area contributed by atoms with Crippen molar-refractivity contribution in [2.45, 2.75) is 0 Å². The lowest BCUT2D eigenvalue weighted by Gasteiger charge is -1.92. The van der Waals surface area contributed by atoms with Crippen molar-refractivity contribution in [1.82, 2.24) is 0 Å². The molecule has 11 heavy (non-hydrogen) atoms. The molecule has 0 aromatic heterocycles. The van der Waals surface area contributed by atoms with Gasteiger partial charge in [-0.25, -0.2) is 4.39 Å². The number of carbonyl (C=O) groups excluding carboxylic acids is 1. The predicted octanol–water partition coefficient (Wildman–Crippen LogP) is 1.30. The first-order valence-electron chi connectivity index (χ1n) is 2.82. The van der Waals surface area contributed by atoms with Crippen molar-refractivity contribution >= 4 is 28.6 Å². The topological polar surface area (TPSA) is 40.0 Å². The molecule has 0 saturated carbocycles. The van der Waals surface area contributed by atoms with Gasteiger partial charge in [0.1, 0.15) is 5.82 Å². The van der Waals surface area contributed by atoms with Crippen LogP contribution >= 0.6 is 22.6 Å². The Hall–Kier alpha value is -0.650. The Bertz CT molecular complexity index is 298. The van der Waals surface area contributed by atoms with Crippen LogP contribution in [-0.4, -0.2) is 11.1 Å². The first-order chi connectivity index (χ1) is 5.11. The fraction of sp³-hybridized carbons (Fsp3) is 0. The van der Waals surface area contributed by atoms with E-state index in [0.29, 0.717) is 0 Å². The first-order valence-corrected chi connectivity index (χ1v) is 3.90. The minimum absolute atomic E-state index is 0.170. The summed E-state index contributed by atoms with van der Waals surface area (Å²) in [4.78, 5) is 10.4. The lowest BCUT2D eigenvalue weighted by Crippen LogP contribution is -2.00. The molecule has 1 rings (SSSR count). The Kier molecular flexibility index (Phi) is 2.43. The van der Waals surface area contributed by atoms with Gasteiger partial charge in [-0.15, -0.1) is 0 Å². The summed E-state index contributed by atoms with van der Waals surface area (Å²) in [6, 6.07) is 4.08. The van der Waals surface area contributed by atoms with E-state index in [1.165, 1.54) is 12.1 Å². The van der Waals surface area contributed by atoms with Gasteiger partial charge < -0.3 is 5.11 Å². The third kappa shape index (κ3) is 1.89. The Morgan fingerprint density at radius 2 is 2.18 bits per heavy atom. The monoisotopic (exact) mass is 267 g/mol. The van der Waals surface area contributed by atoms with Crippen LogP contribution in [0.15, 0.2) is 18.2 Å². The first kappa shape index (κ1) is 8.45. The van der Waals surface area contributed by atoms with Gasteiger partial charge in [-0.2, -0.15) is 0 Å². The summed E-state index contributed by atoms with van der Waals surface area (Å²) in [7, 11) is 0. The van der Waals surface area contributed by atoms with Gasteiger partial charge in [0.05, 0.1) is 0 Å². The summed E-state index contributed by atoms with van der Waals surface area (Å²) in [5, 5.41) is 6.67. The highest BCUT2D eigenvalue weighted by Crippen LogP contribution is 2.11. The summed E-state index contributed by atoms with van der Waals surface area (Å²) in [6.07, 6.45) is 0. The van der Waals surface area contributed by atoms with Crippen LogP contribution in [0.4, 0.5) is 4.39 Å². The molecule has 0 spiro atoms. The quantitative estimate of drug-likeness (QED) is 0.558. The van der Waals surface area contributed by atoms with Crippen LogP contribution in [0.1, 0.15) is 10.4 Å². The van der Waals surface area contributed by atoms with E-state index in [1.54, 1.807) is 6.07 Å². The zero-order valence-corrected chi connectivity index (χ0v) is 7.55. The molecular formula is C7H5FIO2+. The SMILES string of the molecule is O=C([OH2+])c1cc(I)ccc1F. The van der Waals surface area contributed by atoms with Gasteiger partial charge in [0, 0.05) is 8.36 Å². The number of hydrogen-bond acceptors (Lipinski definition) is 1. The Labute approximate surface area is 76.2 Å². The molecule has 0 saturated heterocycles. The summed E-state index contributed by atoms with van der Waals surface area (Å²) >= 11 is 1.95. The Morgan fingerprint density at radius 1 is 1.55 bits per heavy atom. The van der Waals surface area contributed by atoms with Crippen molar-refractivity contribution in [3.63, 3.8) is 0 Å². The molecule has 0 aliphatic rings. The van der Waals surface area contributed by atoms with E-state index in [0.717, 1.165) is 3.57 Å². The molecule has 58 valence electrons. The van der Waals surface area contributed by atoms with E-state index in [1.807, 2.05) is 22.6 Å². The standard InChI is InChI=1S/C7H4FIO2/c8-6-2-1-4(9)3-5(6)7(10)11/h1-3H,(H,10,11)/p+1. The molecule has 0 aliphatic heterocycles. The van der Waals surface area contributed by atoms with E-state index in [4.69, 9.17) is 5.11 Å². The zero-order chi connectivity index (χ0) is 8.43. The van der Waals surface area contributed by atoms with Gasteiger partial charge in [0.15, 0.2) is 5.56 Å². The maximum atomic E-state index is 12.7. The van der Waals surface area contributed by atoms with E-state index in [-0.39, 0.29) is 5.56 Å². The van der Waals surface area contributed by atoms with Crippen molar-refractivity contribution < 1.29 is 14.3 Å². The minimum atomic E-state index is -0.985. The Balaban J connectivity index is 3.23. The Morgan fingerprint density at radius 3 is 2.64 bits per heavy atom. The smallest absolute Gasteiger partial charge is 0.552 e. The van der Waals surface area contributed by atoms with E-state index in [9.17, 15) is 9.18 Å². The molecule has 1 aromatic carbocycles. The number of benzene rings is 1. The fourth-order valence-corrected chi connectivity index (χ4v) is 1.16. The van der Waals surface area contributed by atoms with E-state index < -0.39 is 11.8 Å². The minimum Gasteiger partial charge on any atom is -0.561 e. The van der Waals surface area contributed by atoms with Crippen molar-refractivity contribution in [2.24, 2.45) is 0 Å². The fourth-order valence-electron chi connectivity index (χ4n) is 0.672. The highest BCUT2D eigenvalue weighted by Gasteiger charge is 2.16. The van der Waals surface area contributed by atoms with Crippen LogP contribution in [0, 0.1) is 9.39 Å². The van der Waals surface area contributed by atoms with Gasteiger partial charge in [-0.05, 0) is 40.8 Å². The molecule has 0 amide bonds. The molecule has 0 atom stereocenters. The molecule has 1 aromatic rings. The van der Waals surface area contributed by atoms with Crippen LogP contribution in [0.2, 0.25) is 0 Å². The maximum Gasteiger partial charge on any atom is 0.552 e. The van der Waals surface area contributed by atoms with Gasteiger partial charge >= 0.3 is 5.97 Å². The van der Waals surface area contributed by atoms with Gasteiger partial charge in [0.2, 0.25) is 0 Å². The van der Waals surface area contributed by atoms with Crippen LogP contribution < -0.4 is 0 Å². The summed E-state index contributed by atoms with van der Waals surface area (Å²) in [5.74, 6) is -1.62. The molecular weight excluding hydrogens is 262 g/mol. The van der Waals surface area contributed by atoms with Gasteiger partial charge in [-0.3, -0.25) is 0 Å². The molecule has 2 N–H and O–H groups in total. The van der Waals surface area contributed by atoms with Gasteiger partial charge in [-0.1, -0.05) is 0 Å². The van der Waals surface area contributed by atoms with Gasteiger partial charge in [0.25, 0.3) is 0 Å². The normalized spacial score (nSPS) is 9.64. The summed E-state index contributed by atoms with van der Waals surface area (Å²) in [6.45, 7) is 0. The molecule has 0 fully saturated rings. The molecule has 0 heterocycles. The summed E-state index contributed by atoms with van der Waals surface area (Å²) < 4.78 is 13.4. The average Bonchev–Trinajstić information content (AvgIpc) is 1.94. The second-order valence-corrected chi connectivity index (χ2v) is 3.20. The number of hydrogen-bond donors (Lipinski definition) is 0. The molecule has 0 bridgehead atoms. The zero-order valence-electron chi connectivity index (χ0n) is 5.40. The number of rotatable bonds is 1. The highest BCUT2D eigenvalue weighted by molar-refractivity contribution is 14.1. The highest BCUT2D eigenvalue weighted by atomic mass is 127. The van der Waals surface area contributed by atoms with Crippen molar-refractivity contribution in [2.75, 3.05) is 0 Å². The van der Waals surface area contributed by atoms with Crippen molar-refractivity contribution in [3.8, 4) is 0 Å². The second kappa shape index (κ2) is 3.17. The van der Waals surface area contributed by atoms with E-state index in [2.05, 4.69) is 0 Å². The third-order valence-corrected chi connectivity index (χ3v) is 1.84. The molecule has 4 heteroatoms. The van der Waals surface area contributed by atoms with Crippen LogP contribution in [0.25, 0.3) is 0 Å². The molecule has 0 unspecified atom stereocenters.